The van der Waals surface area contributed by atoms with Crippen molar-refractivity contribution in [3.63, 3.8) is 0 Å². The minimum absolute atomic E-state index is 0.106. The third-order valence-electron chi connectivity index (χ3n) is 2.87. The van der Waals surface area contributed by atoms with Crippen molar-refractivity contribution in [3.05, 3.63) is 29.8 Å². The lowest BCUT2D eigenvalue weighted by Gasteiger charge is -2.12. The maximum atomic E-state index is 13.7. The van der Waals surface area contributed by atoms with Gasteiger partial charge in [-0.05, 0) is 19.1 Å². The molecule has 0 unspecified atom stereocenters. The van der Waals surface area contributed by atoms with Gasteiger partial charge >= 0.3 is 0 Å². The van der Waals surface area contributed by atoms with Crippen LogP contribution in [0.4, 0.5) is 4.39 Å². The summed E-state index contributed by atoms with van der Waals surface area (Å²) in [6, 6.07) is 8.33. The van der Waals surface area contributed by atoms with Gasteiger partial charge in [0, 0.05) is 21.5 Å². The highest BCUT2D eigenvalue weighted by Crippen LogP contribution is 2.29. The van der Waals surface area contributed by atoms with E-state index in [0.29, 0.717) is 12.2 Å². The molecule has 0 N–H and O–H groups in total. The molecule has 3 atom stereocenters. The predicted molar refractivity (Wildman–Crippen MR) is 79.0 cm³/mol. The summed E-state index contributed by atoms with van der Waals surface area (Å²) in [6.45, 7) is 2.07. The van der Waals surface area contributed by atoms with E-state index in [-0.39, 0.29) is 12.2 Å². The summed E-state index contributed by atoms with van der Waals surface area (Å²) in [6.07, 6.45) is -0.370. The highest BCUT2D eigenvalue weighted by atomic mass is 127. The standard InChI is InChI=1S/C13H16FIOS/c1-9-2-4-11(5-3-9)17-8-13-12(14)6-10(7-15)16-13/h2-5,10,12-13H,6-8H2,1H3/t10-,12+,13+/m1/s1. The summed E-state index contributed by atoms with van der Waals surface area (Å²) >= 11 is 3.93. The van der Waals surface area contributed by atoms with E-state index in [1.165, 1.54) is 10.5 Å². The number of alkyl halides is 2. The lowest BCUT2D eigenvalue weighted by Crippen LogP contribution is -2.20. The number of rotatable bonds is 4. The second-order valence-electron chi connectivity index (χ2n) is 4.33. The Balaban J connectivity index is 1.84. The zero-order valence-corrected chi connectivity index (χ0v) is 12.7. The molecule has 1 aromatic carbocycles. The van der Waals surface area contributed by atoms with Gasteiger partial charge in [0.25, 0.3) is 0 Å². The fourth-order valence-corrected chi connectivity index (χ4v) is 3.39. The van der Waals surface area contributed by atoms with E-state index in [1.807, 2.05) is 0 Å². The van der Waals surface area contributed by atoms with Gasteiger partial charge in [-0.2, -0.15) is 0 Å². The Labute approximate surface area is 120 Å². The Kier molecular flexibility index (Phi) is 5.11. The molecular formula is C13H16FIOS. The first-order chi connectivity index (χ1) is 8.19. The van der Waals surface area contributed by atoms with Crippen molar-refractivity contribution in [1.82, 2.24) is 0 Å². The van der Waals surface area contributed by atoms with Crippen molar-refractivity contribution in [2.45, 2.75) is 36.6 Å². The Hall–Kier alpha value is 0.190. The molecule has 1 saturated heterocycles. The Morgan fingerprint density at radius 3 is 2.71 bits per heavy atom. The van der Waals surface area contributed by atoms with Crippen molar-refractivity contribution in [2.24, 2.45) is 0 Å². The fraction of sp³-hybridized carbons (Fsp3) is 0.538. The summed E-state index contributed by atoms with van der Waals surface area (Å²) < 4.78 is 20.2. The third kappa shape index (κ3) is 3.83. The Morgan fingerprint density at radius 2 is 2.12 bits per heavy atom. The van der Waals surface area contributed by atoms with Crippen molar-refractivity contribution < 1.29 is 9.13 Å². The number of hydrogen-bond donors (Lipinski definition) is 0. The van der Waals surface area contributed by atoms with Gasteiger partial charge in [-0.25, -0.2) is 4.39 Å². The van der Waals surface area contributed by atoms with Crippen LogP contribution in [-0.2, 0) is 4.74 Å². The topological polar surface area (TPSA) is 9.23 Å². The maximum Gasteiger partial charge on any atom is 0.129 e. The summed E-state index contributed by atoms with van der Waals surface area (Å²) in [5.41, 5.74) is 1.25. The lowest BCUT2D eigenvalue weighted by atomic mass is 10.2. The molecule has 1 nitrogen and oxygen atoms in total. The smallest absolute Gasteiger partial charge is 0.129 e. The molecule has 17 heavy (non-hydrogen) atoms. The third-order valence-corrected chi connectivity index (χ3v) is 4.95. The average molecular weight is 366 g/mol. The van der Waals surface area contributed by atoms with Gasteiger partial charge in [-0.3, -0.25) is 0 Å². The molecule has 1 aromatic rings. The van der Waals surface area contributed by atoms with Gasteiger partial charge in [0.15, 0.2) is 0 Å². The molecule has 0 bridgehead atoms. The van der Waals surface area contributed by atoms with Crippen LogP contribution >= 0.6 is 34.4 Å². The van der Waals surface area contributed by atoms with E-state index in [0.717, 1.165) is 4.43 Å². The monoisotopic (exact) mass is 366 g/mol. The van der Waals surface area contributed by atoms with E-state index in [9.17, 15) is 4.39 Å². The number of thioether (sulfide) groups is 1. The summed E-state index contributed by atoms with van der Waals surface area (Å²) in [5, 5.41) is 0. The second kappa shape index (κ2) is 6.38. The number of aryl methyl sites for hydroxylation is 1. The molecule has 0 aromatic heterocycles. The first-order valence-electron chi connectivity index (χ1n) is 5.74. The molecule has 4 heteroatoms. The van der Waals surface area contributed by atoms with Crippen molar-refractivity contribution in [3.8, 4) is 0 Å². The SMILES string of the molecule is Cc1ccc(SC[C@@H]2O[C@@H](CI)C[C@@H]2F)cc1. The molecule has 0 spiro atoms. The van der Waals surface area contributed by atoms with E-state index >= 15 is 0 Å². The van der Waals surface area contributed by atoms with Crippen LogP contribution in [0.2, 0.25) is 0 Å². The van der Waals surface area contributed by atoms with Crippen LogP contribution in [0.5, 0.6) is 0 Å². The van der Waals surface area contributed by atoms with Crippen LogP contribution in [0.15, 0.2) is 29.2 Å². The molecule has 1 heterocycles. The van der Waals surface area contributed by atoms with Crippen molar-refractivity contribution in [2.75, 3.05) is 10.2 Å². The van der Waals surface area contributed by atoms with Gasteiger partial charge in [0.2, 0.25) is 0 Å². The van der Waals surface area contributed by atoms with Crippen LogP contribution in [0.25, 0.3) is 0 Å². The molecule has 0 amide bonds. The lowest BCUT2D eigenvalue weighted by molar-refractivity contribution is 0.0561. The van der Waals surface area contributed by atoms with Crippen LogP contribution in [0, 0.1) is 6.92 Å². The minimum atomic E-state index is -0.798. The summed E-state index contributed by atoms with van der Waals surface area (Å²) in [5.74, 6) is 0.706. The van der Waals surface area contributed by atoms with E-state index in [4.69, 9.17) is 4.74 Å². The largest absolute Gasteiger partial charge is 0.370 e. The second-order valence-corrected chi connectivity index (χ2v) is 6.30. The fourth-order valence-electron chi connectivity index (χ4n) is 1.85. The first kappa shape index (κ1) is 13.6. The van der Waals surface area contributed by atoms with Gasteiger partial charge in [-0.1, -0.05) is 40.3 Å². The Morgan fingerprint density at radius 1 is 1.41 bits per heavy atom. The van der Waals surface area contributed by atoms with Crippen LogP contribution in [-0.4, -0.2) is 28.6 Å². The van der Waals surface area contributed by atoms with Crippen LogP contribution in [0.1, 0.15) is 12.0 Å². The van der Waals surface area contributed by atoms with E-state index < -0.39 is 6.17 Å². The molecule has 0 saturated carbocycles. The number of hydrogen-bond acceptors (Lipinski definition) is 2. The average Bonchev–Trinajstić information content (AvgIpc) is 2.69. The zero-order valence-electron chi connectivity index (χ0n) is 9.74. The van der Waals surface area contributed by atoms with Crippen LogP contribution in [0.3, 0.4) is 0 Å². The molecule has 2 rings (SSSR count). The van der Waals surface area contributed by atoms with Crippen molar-refractivity contribution in [1.29, 1.82) is 0 Å². The molecule has 0 radical (unpaired) electrons. The highest BCUT2D eigenvalue weighted by molar-refractivity contribution is 14.1. The number of benzene rings is 1. The summed E-state index contributed by atoms with van der Waals surface area (Å²) in [4.78, 5) is 1.18. The molecule has 1 aliphatic rings. The first-order valence-corrected chi connectivity index (χ1v) is 8.25. The van der Waals surface area contributed by atoms with Gasteiger partial charge in [-0.15, -0.1) is 11.8 Å². The predicted octanol–water partition coefficient (Wildman–Crippen LogP) is 4.02. The van der Waals surface area contributed by atoms with Crippen LogP contribution < -0.4 is 0 Å². The van der Waals surface area contributed by atoms with Gasteiger partial charge in [0.05, 0.1) is 12.2 Å². The maximum absolute atomic E-state index is 13.7. The Bertz CT molecular complexity index is 357. The van der Waals surface area contributed by atoms with Crippen molar-refractivity contribution >= 4 is 34.4 Å². The highest BCUT2D eigenvalue weighted by Gasteiger charge is 2.34. The minimum Gasteiger partial charge on any atom is -0.370 e. The quantitative estimate of drug-likeness (QED) is 0.452. The van der Waals surface area contributed by atoms with Gasteiger partial charge in [0.1, 0.15) is 6.17 Å². The van der Waals surface area contributed by atoms with E-state index in [2.05, 4.69) is 53.8 Å². The van der Waals surface area contributed by atoms with Gasteiger partial charge < -0.3 is 4.74 Å². The molecular weight excluding hydrogens is 350 g/mol. The number of ether oxygens (including phenoxy) is 1. The molecule has 94 valence electrons. The zero-order chi connectivity index (χ0) is 12.3. The normalized spacial score (nSPS) is 28.5. The van der Waals surface area contributed by atoms with E-state index in [1.54, 1.807) is 11.8 Å². The molecule has 1 aliphatic heterocycles. The summed E-state index contributed by atoms with van der Waals surface area (Å²) in [7, 11) is 0. The molecule has 0 aliphatic carbocycles. The molecule has 1 fully saturated rings. The number of halogens is 2.